The molecule has 0 amide bonds. The Balaban J connectivity index is 1.75. The van der Waals surface area contributed by atoms with Crippen LogP contribution in [-0.4, -0.2) is 49.0 Å². The molecule has 2 heterocycles. The lowest BCUT2D eigenvalue weighted by molar-refractivity contribution is 0.379. The molecule has 25 heavy (non-hydrogen) atoms. The van der Waals surface area contributed by atoms with Crippen LogP contribution in [0.1, 0.15) is 11.1 Å². The fourth-order valence-corrected chi connectivity index (χ4v) is 4.35. The molecule has 1 aromatic heterocycles. The van der Waals surface area contributed by atoms with Crippen molar-refractivity contribution in [2.45, 2.75) is 11.8 Å². The summed E-state index contributed by atoms with van der Waals surface area (Å²) in [4.78, 5) is 6.16. The van der Waals surface area contributed by atoms with Crippen LogP contribution in [-0.2, 0) is 10.0 Å². The van der Waals surface area contributed by atoms with Crippen LogP contribution in [0, 0.1) is 18.3 Å². The zero-order valence-corrected chi connectivity index (χ0v) is 14.6. The van der Waals surface area contributed by atoms with Gasteiger partial charge >= 0.3 is 0 Å². The second-order valence-electron chi connectivity index (χ2n) is 5.88. The van der Waals surface area contributed by atoms with Gasteiger partial charge < -0.3 is 10.0 Å². The molecule has 1 aromatic carbocycles. The van der Waals surface area contributed by atoms with Gasteiger partial charge in [0.25, 0.3) is 0 Å². The molecule has 130 valence electrons. The van der Waals surface area contributed by atoms with E-state index >= 15 is 0 Å². The molecule has 0 bridgehead atoms. The second-order valence-corrected chi connectivity index (χ2v) is 7.79. The minimum Gasteiger partial charge on any atom is -0.507 e. The molecule has 1 aliphatic rings. The van der Waals surface area contributed by atoms with Gasteiger partial charge in [-0.15, -0.1) is 0 Å². The van der Waals surface area contributed by atoms with Gasteiger partial charge in [-0.1, -0.05) is 6.07 Å². The van der Waals surface area contributed by atoms with E-state index in [4.69, 9.17) is 5.26 Å². The predicted molar refractivity (Wildman–Crippen MR) is 92.8 cm³/mol. The number of hydrogen-bond donors (Lipinski definition) is 1. The third kappa shape index (κ3) is 3.43. The van der Waals surface area contributed by atoms with Crippen molar-refractivity contribution in [2.75, 3.05) is 31.1 Å². The highest BCUT2D eigenvalue weighted by Gasteiger charge is 2.30. The highest BCUT2D eigenvalue weighted by atomic mass is 32.2. The van der Waals surface area contributed by atoms with Gasteiger partial charge in [0.05, 0.1) is 5.56 Å². The first kappa shape index (κ1) is 17.2. The lowest BCUT2D eigenvalue weighted by Gasteiger charge is -2.34. The van der Waals surface area contributed by atoms with Crippen molar-refractivity contribution >= 4 is 15.8 Å². The Morgan fingerprint density at radius 1 is 1.16 bits per heavy atom. The van der Waals surface area contributed by atoms with Crippen LogP contribution in [0.25, 0.3) is 0 Å². The third-order valence-electron chi connectivity index (χ3n) is 4.17. The van der Waals surface area contributed by atoms with Crippen molar-refractivity contribution in [3.63, 3.8) is 0 Å². The number of phenols is 1. The van der Waals surface area contributed by atoms with Crippen LogP contribution in [0.4, 0.5) is 5.82 Å². The molecule has 1 N–H and O–H groups in total. The van der Waals surface area contributed by atoms with Crippen molar-refractivity contribution in [1.82, 2.24) is 9.29 Å². The fourth-order valence-electron chi connectivity index (χ4n) is 2.76. The van der Waals surface area contributed by atoms with E-state index in [0.717, 1.165) is 11.4 Å². The monoisotopic (exact) mass is 358 g/mol. The van der Waals surface area contributed by atoms with E-state index in [2.05, 4.69) is 4.98 Å². The number of nitriles is 1. The summed E-state index contributed by atoms with van der Waals surface area (Å²) in [6, 6.07) is 10.0. The van der Waals surface area contributed by atoms with Crippen LogP contribution in [0.3, 0.4) is 0 Å². The fraction of sp³-hybridized carbons (Fsp3) is 0.294. The van der Waals surface area contributed by atoms with Crippen molar-refractivity contribution < 1.29 is 13.5 Å². The molecular formula is C17H18N4O3S. The summed E-state index contributed by atoms with van der Waals surface area (Å²) >= 11 is 0. The maximum atomic E-state index is 12.8. The van der Waals surface area contributed by atoms with E-state index in [1.165, 1.54) is 22.6 Å². The predicted octanol–water partition coefficient (Wildman–Crippen LogP) is 1.48. The first-order chi connectivity index (χ1) is 11.9. The number of nitrogens with zero attached hydrogens (tertiary/aromatic N) is 4. The van der Waals surface area contributed by atoms with Gasteiger partial charge in [-0.05, 0) is 36.8 Å². The number of hydrogen-bond acceptors (Lipinski definition) is 6. The first-order valence-electron chi connectivity index (χ1n) is 7.82. The van der Waals surface area contributed by atoms with Gasteiger partial charge in [-0.25, -0.2) is 13.4 Å². The zero-order valence-electron chi connectivity index (χ0n) is 13.8. The quantitative estimate of drug-likeness (QED) is 0.892. The topological polar surface area (TPSA) is 97.5 Å². The third-order valence-corrected chi connectivity index (χ3v) is 6.10. The molecule has 0 radical (unpaired) electrons. The van der Waals surface area contributed by atoms with Crippen molar-refractivity contribution in [1.29, 1.82) is 5.26 Å². The van der Waals surface area contributed by atoms with Gasteiger partial charge in [0.1, 0.15) is 22.5 Å². The van der Waals surface area contributed by atoms with Gasteiger partial charge in [0.2, 0.25) is 10.0 Å². The number of piperazine rings is 1. The zero-order chi connectivity index (χ0) is 18.0. The molecule has 0 atom stereocenters. The Bertz CT molecular complexity index is 912. The normalized spacial score (nSPS) is 15.8. The number of phenolic OH excluding ortho intramolecular Hbond substituents is 1. The van der Waals surface area contributed by atoms with E-state index in [0.29, 0.717) is 31.7 Å². The van der Waals surface area contributed by atoms with E-state index in [1.54, 1.807) is 25.1 Å². The second kappa shape index (κ2) is 6.70. The smallest absolute Gasteiger partial charge is 0.246 e. The van der Waals surface area contributed by atoms with Gasteiger partial charge in [0.15, 0.2) is 0 Å². The number of aromatic nitrogens is 1. The molecule has 2 aromatic rings. The average Bonchev–Trinajstić information content (AvgIpc) is 2.64. The van der Waals surface area contributed by atoms with Gasteiger partial charge in [-0.3, -0.25) is 0 Å². The number of sulfonamides is 1. The summed E-state index contributed by atoms with van der Waals surface area (Å²) in [5, 5.41) is 18.7. The van der Waals surface area contributed by atoms with E-state index in [9.17, 15) is 13.5 Å². The molecule has 8 heteroatoms. The molecule has 1 saturated heterocycles. The number of pyridine rings is 1. The van der Waals surface area contributed by atoms with Crippen molar-refractivity contribution in [3.05, 3.63) is 47.7 Å². The lowest BCUT2D eigenvalue weighted by atomic mass is 10.2. The Morgan fingerprint density at radius 2 is 1.88 bits per heavy atom. The Morgan fingerprint density at radius 3 is 2.48 bits per heavy atom. The standard InChI is InChI=1S/C17H18N4O3S/c1-13-2-4-15(22)16(10-13)25(23,24)21-8-6-20(7-9-21)17-5-3-14(11-18)12-19-17/h2-5,10,12,22H,6-9H2,1H3. The number of benzene rings is 1. The molecule has 1 aliphatic heterocycles. The molecule has 0 spiro atoms. The SMILES string of the molecule is Cc1ccc(O)c(S(=O)(=O)N2CCN(c3ccc(C#N)cn3)CC2)c1. The average molecular weight is 358 g/mol. The molecule has 0 unspecified atom stereocenters. The van der Waals surface area contributed by atoms with Gasteiger partial charge in [-0.2, -0.15) is 9.57 Å². The van der Waals surface area contributed by atoms with Crippen molar-refractivity contribution in [3.8, 4) is 11.8 Å². The summed E-state index contributed by atoms with van der Waals surface area (Å²) in [5.74, 6) is 0.483. The van der Waals surface area contributed by atoms with Crippen LogP contribution in [0.5, 0.6) is 5.75 Å². The van der Waals surface area contributed by atoms with Crippen molar-refractivity contribution in [2.24, 2.45) is 0 Å². The number of aryl methyl sites for hydroxylation is 1. The Labute approximate surface area is 146 Å². The van der Waals surface area contributed by atoms with Crippen LogP contribution in [0.2, 0.25) is 0 Å². The lowest BCUT2D eigenvalue weighted by Crippen LogP contribution is -2.48. The summed E-state index contributed by atoms with van der Waals surface area (Å²) in [6.07, 6.45) is 1.50. The number of aromatic hydroxyl groups is 1. The first-order valence-corrected chi connectivity index (χ1v) is 9.27. The molecule has 3 rings (SSSR count). The Hall–Kier alpha value is -2.63. The molecule has 0 saturated carbocycles. The maximum Gasteiger partial charge on any atom is 0.246 e. The Kier molecular flexibility index (Phi) is 4.61. The highest BCUT2D eigenvalue weighted by molar-refractivity contribution is 7.89. The maximum absolute atomic E-state index is 12.8. The summed E-state index contributed by atoms with van der Waals surface area (Å²) < 4.78 is 26.9. The molecule has 7 nitrogen and oxygen atoms in total. The highest BCUT2D eigenvalue weighted by Crippen LogP contribution is 2.27. The largest absolute Gasteiger partial charge is 0.507 e. The van der Waals surface area contributed by atoms with Gasteiger partial charge in [0, 0.05) is 32.4 Å². The summed E-state index contributed by atoms with van der Waals surface area (Å²) in [6.45, 7) is 3.37. The molecular weight excluding hydrogens is 340 g/mol. The van der Waals surface area contributed by atoms with E-state index in [-0.39, 0.29) is 10.6 Å². The minimum atomic E-state index is -3.74. The molecule has 0 aliphatic carbocycles. The van der Waals surface area contributed by atoms with Crippen LogP contribution in [0.15, 0.2) is 41.4 Å². The van der Waals surface area contributed by atoms with E-state index in [1.807, 2.05) is 11.0 Å². The van der Waals surface area contributed by atoms with Crippen LogP contribution < -0.4 is 4.90 Å². The number of anilines is 1. The van der Waals surface area contributed by atoms with Crippen LogP contribution >= 0.6 is 0 Å². The summed E-state index contributed by atoms with van der Waals surface area (Å²) in [5.41, 5.74) is 1.26. The minimum absolute atomic E-state index is 0.0579. The summed E-state index contributed by atoms with van der Waals surface area (Å²) in [7, 11) is -3.74. The molecule has 1 fully saturated rings. The number of rotatable bonds is 3. The van der Waals surface area contributed by atoms with E-state index < -0.39 is 10.0 Å².